The van der Waals surface area contributed by atoms with Crippen molar-refractivity contribution >= 4 is 27.5 Å². The van der Waals surface area contributed by atoms with Crippen LogP contribution < -0.4 is 0 Å². The van der Waals surface area contributed by atoms with Gasteiger partial charge in [0.2, 0.25) is 0 Å². The molecule has 0 heterocycles. The first-order chi connectivity index (χ1) is 9.60. The molecule has 1 N–H and O–H groups in total. The van der Waals surface area contributed by atoms with Gasteiger partial charge in [-0.2, -0.15) is 0 Å². The molecule has 0 saturated carbocycles. The van der Waals surface area contributed by atoms with Crippen LogP contribution in [0.5, 0.6) is 0 Å². The smallest absolute Gasteiger partial charge is 0.123 e. The Morgan fingerprint density at radius 1 is 1.10 bits per heavy atom. The number of aliphatic hydroxyl groups is 1. The summed E-state index contributed by atoms with van der Waals surface area (Å²) in [7, 11) is 0. The molecule has 106 valence electrons. The van der Waals surface area contributed by atoms with Gasteiger partial charge in [-0.15, -0.1) is 0 Å². The Labute approximate surface area is 131 Å². The molecule has 20 heavy (non-hydrogen) atoms. The highest BCUT2D eigenvalue weighted by Crippen LogP contribution is 2.24. The molecule has 2 aromatic carbocycles. The molecule has 1 unspecified atom stereocenters. The summed E-state index contributed by atoms with van der Waals surface area (Å²) in [6.07, 6.45) is 1.26. The van der Waals surface area contributed by atoms with Crippen LogP contribution in [0.3, 0.4) is 0 Å². The fourth-order valence-electron chi connectivity index (χ4n) is 2.19. The zero-order valence-electron chi connectivity index (χ0n) is 10.8. The predicted molar refractivity (Wildman–Crippen MR) is 83.5 cm³/mol. The first-order valence-electron chi connectivity index (χ1n) is 6.38. The molecular formula is C16H15BrClFO. The maximum absolute atomic E-state index is 13.3. The zero-order chi connectivity index (χ0) is 14.5. The van der Waals surface area contributed by atoms with E-state index in [0.717, 1.165) is 15.6 Å². The number of aliphatic hydroxyl groups excluding tert-OH is 1. The topological polar surface area (TPSA) is 20.2 Å². The summed E-state index contributed by atoms with van der Waals surface area (Å²) in [5.41, 5.74) is 1.86. The van der Waals surface area contributed by atoms with E-state index in [-0.39, 0.29) is 18.3 Å². The summed E-state index contributed by atoms with van der Waals surface area (Å²) in [6.45, 7) is 0.0359. The van der Waals surface area contributed by atoms with Gasteiger partial charge in [-0.25, -0.2) is 4.39 Å². The summed E-state index contributed by atoms with van der Waals surface area (Å²) in [4.78, 5) is 0. The quantitative estimate of drug-likeness (QED) is 0.827. The molecule has 0 aromatic heterocycles. The first kappa shape index (κ1) is 15.5. The molecule has 4 heteroatoms. The van der Waals surface area contributed by atoms with E-state index in [1.54, 1.807) is 6.07 Å². The maximum atomic E-state index is 13.3. The molecule has 0 aliphatic heterocycles. The van der Waals surface area contributed by atoms with Gasteiger partial charge in [0.15, 0.2) is 0 Å². The number of rotatable bonds is 5. The third-order valence-electron chi connectivity index (χ3n) is 3.24. The monoisotopic (exact) mass is 356 g/mol. The Bertz CT molecular complexity index is 588. The van der Waals surface area contributed by atoms with E-state index >= 15 is 0 Å². The molecule has 0 amide bonds. The van der Waals surface area contributed by atoms with Crippen molar-refractivity contribution in [1.29, 1.82) is 0 Å². The summed E-state index contributed by atoms with van der Waals surface area (Å²) in [6, 6.07) is 12.2. The predicted octanol–water partition coefficient (Wildman–Crippen LogP) is 4.64. The largest absolute Gasteiger partial charge is 0.396 e. The fraction of sp³-hybridized carbons (Fsp3) is 0.250. The summed E-state index contributed by atoms with van der Waals surface area (Å²) in [5, 5.41) is 10.1. The normalized spacial score (nSPS) is 12.4. The minimum atomic E-state index is -0.304. The van der Waals surface area contributed by atoms with E-state index in [0.29, 0.717) is 17.9 Å². The average Bonchev–Trinajstić information content (AvgIpc) is 2.44. The van der Waals surface area contributed by atoms with Crippen molar-refractivity contribution in [3.05, 3.63) is 68.9 Å². The number of hydrogen-bond acceptors (Lipinski definition) is 1. The Balaban J connectivity index is 2.13. The standard InChI is InChI=1S/C16H15BrClFO/c17-15-4-2-1-3-12(15)7-11(10-20)8-13-9-14(19)5-6-16(13)18/h1-6,9,11,20H,7-8,10H2. The summed E-state index contributed by atoms with van der Waals surface area (Å²) >= 11 is 9.57. The molecule has 1 nitrogen and oxygen atoms in total. The molecule has 0 aliphatic rings. The van der Waals surface area contributed by atoms with Gasteiger partial charge in [0.25, 0.3) is 0 Å². The van der Waals surface area contributed by atoms with Crippen LogP contribution in [0.4, 0.5) is 4.39 Å². The highest BCUT2D eigenvalue weighted by Gasteiger charge is 2.14. The van der Waals surface area contributed by atoms with Crippen LogP contribution in [0.1, 0.15) is 11.1 Å². The van der Waals surface area contributed by atoms with E-state index in [1.807, 2.05) is 24.3 Å². The minimum Gasteiger partial charge on any atom is -0.396 e. The van der Waals surface area contributed by atoms with Crippen molar-refractivity contribution in [2.45, 2.75) is 12.8 Å². The van der Waals surface area contributed by atoms with E-state index in [4.69, 9.17) is 11.6 Å². The van der Waals surface area contributed by atoms with Crippen LogP contribution in [0.15, 0.2) is 46.9 Å². The van der Waals surface area contributed by atoms with Crippen molar-refractivity contribution in [1.82, 2.24) is 0 Å². The SMILES string of the molecule is OCC(Cc1cc(F)ccc1Cl)Cc1ccccc1Br. The van der Waals surface area contributed by atoms with Crippen molar-refractivity contribution in [3.63, 3.8) is 0 Å². The van der Waals surface area contributed by atoms with Crippen LogP contribution in [-0.4, -0.2) is 11.7 Å². The lowest BCUT2D eigenvalue weighted by Gasteiger charge is -2.16. The highest BCUT2D eigenvalue weighted by molar-refractivity contribution is 9.10. The van der Waals surface area contributed by atoms with Crippen LogP contribution >= 0.6 is 27.5 Å². The second-order valence-electron chi connectivity index (χ2n) is 4.78. The van der Waals surface area contributed by atoms with Gasteiger partial charge in [-0.1, -0.05) is 45.7 Å². The van der Waals surface area contributed by atoms with Crippen LogP contribution in [0.25, 0.3) is 0 Å². The van der Waals surface area contributed by atoms with E-state index in [9.17, 15) is 9.50 Å². The van der Waals surface area contributed by atoms with Gasteiger partial charge in [-0.05, 0) is 54.2 Å². The van der Waals surface area contributed by atoms with Crippen LogP contribution in [0.2, 0.25) is 5.02 Å². The molecule has 1 atom stereocenters. The van der Waals surface area contributed by atoms with E-state index in [1.165, 1.54) is 12.1 Å². The van der Waals surface area contributed by atoms with Crippen molar-refractivity contribution in [2.24, 2.45) is 5.92 Å². The van der Waals surface area contributed by atoms with Crippen LogP contribution in [0, 0.1) is 11.7 Å². The number of halogens is 3. The lowest BCUT2D eigenvalue weighted by atomic mass is 9.93. The zero-order valence-corrected chi connectivity index (χ0v) is 13.2. The third kappa shape index (κ3) is 4.05. The van der Waals surface area contributed by atoms with E-state index in [2.05, 4.69) is 15.9 Å². The summed E-state index contributed by atoms with van der Waals surface area (Å²) in [5.74, 6) is -0.296. The minimum absolute atomic E-state index is 0.00741. The molecule has 2 aromatic rings. The number of hydrogen-bond donors (Lipinski definition) is 1. The molecule has 2 rings (SSSR count). The van der Waals surface area contributed by atoms with Gasteiger partial charge in [0.1, 0.15) is 5.82 Å². The van der Waals surface area contributed by atoms with Gasteiger partial charge in [-0.3, -0.25) is 0 Å². The third-order valence-corrected chi connectivity index (χ3v) is 4.38. The Morgan fingerprint density at radius 3 is 2.50 bits per heavy atom. The second kappa shape index (κ2) is 7.21. The molecule has 0 saturated heterocycles. The van der Waals surface area contributed by atoms with Crippen molar-refractivity contribution < 1.29 is 9.50 Å². The van der Waals surface area contributed by atoms with Crippen LogP contribution in [-0.2, 0) is 12.8 Å². The lowest BCUT2D eigenvalue weighted by Crippen LogP contribution is -2.13. The molecule has 0 radical (unpaired) electrons. The van der Waals surface area contributed by atoms with E-state index < -0.39 is 0 Å². The van der Waals surface area contributed by atoms with Gasteiger partial charge < -0.3 is 5.11 Å². The number of benzene rings is 2. The summed E-state index contributed by atoms with van der Waals surface area (Å²) < 4.78 is 14.3. The maximum Gasteiger partial charge on any atom is 0.123 e. The lowest BCUT2D eigenvalue weighted by molar-refractivity contribution is 0.225. The first-order valence-corrected chi connectivity index (χ1v) is 7.55. The molecule has 0 bridgehead atoms. The Morgan fingerprint density at radius 2 is 1.80 bits per heavy atom. The molecular weight excluding hydrogens is 343 g/mol. The Hall–Kier alpha value is -0.900. The molecule has 0 spiro atoms. The van der Waals surface area contributed by atoms with Gasteiger partial charge >= 0.3 is 0 Å². The Kier molecular flexibility index (Phi) is 5.58. The van der Waals surface area contributed by atoms with Gasteiger partial charge in [0, 0.05) is 16.1 Å². The van der Waals surface area contributed by atoms with Gasteiger partial charge in [0.05, 0.1) is 0 Å². The van der Waals surface area contributed by atoms with Crippen molar-refractivity contribution in [2.75, 3.05) is 6.61 Å². The molecule has 0 fully saturated rings. The average molecular weight is 358 g/mol. The highest BCUT2D eigenvalue weighted by atomic mass is 79.9. The fourth-order valence-corrected chi connectivity index (χ4v) is 2.83. The molecule has 0 aliphatic carbocycles. The second-order valence-corrected chi connectivity index (χ2v) is 6.05. The van der Waals surface area contributed by atoms with Crippen molar-refractivity contribution in [3.8, 4) is 0 Å².